The smallest absolute Gasteiger partial charge is 0.298 e. The number of nitrogens with one attached hydrogen (secondary N) is 1. The van der Waals surface area contributed by atoms with E-state index in [1.165, 1.54) is 6.33 Å². The van der Waals surface area contributed by atoms with Crippen molar-refractivity contribution in [3.05, 3.63) is 60.0 Å². The van der Waals surface area contributed by atoms with Crippen molar-refractivity contribution in [2.24, 2.45) is 0 Å². The standard InChI is InChI=1S/C26H24N8O2/c1-3-4-21(35)33-12-10-19(14-33)34-25-22(24(27)29-15-30-25)23(32-34)17-5-7-18(8-6-17)26(36)31-20-13-16(2)9-11-28-20/h5-9,11,13,15,19H,10,12,14H2,1-2H3,(H2,27,29,30)(H,28,31,36). The maximum atomic E-state index is 12.7. The molecule has 2 amide bonds. The van der Waals surface area contributed by atoms with Crippen LogP contribution in [-0.4, -0.2) is 54.5 Å². The maximum Gasteiger partial charge on any atom is 0.298 e. The van der Waals surface area contributed by atoms with Crippen LogP contribution in [0.15, 0.2) is 48.9 Å². The van der Waals surface area contributed by atoms with Crippen LogP contribution in [0, 0.1) is 18.8 Å². The molecule has 10 nitrogen and oxygen atoms in total. The first-order chi connectivity index (χ1) is 17.4. The lowest BCUT2D eigenvalue weighted by Gasteiger charge is -2.14. The summed E-state index contributed by atoms with van der Waals surface area (Å²) in [7, 11) is 0. The summed E-state index contributed by atoms with van der Waals surface area (Å²) in [4.78, 5) is 39.4. The zero-order valence-electron chi connectivity index (χ0n) is 19.9. The largest absolute Gasteiger partial charge is 0.383 e. The Morgan fingerprint density at radius 3 is 2.69 bits per heavy atom. The van der Waals surface area contributed by atoms with Crippen molar-refractivity contribution in [3.8, 4) is 23.1 Å². The highest BCUT2D eigenvalue weighted by Gasteiger charge is 2.30. The van der Waals surface area contributed by atoms with Gasteiger partial charge in [-0.05, 0) is 56.0 Å². The fourth-order valence-electron chi connectivity index (χ4n) is 4.34. The van der Waals surface area contributed by atoms with E-state index in [1.54, 1.807) is 36.2 Å². The summed E-state index contributed by atoms with van der Waals surface area (Å²) in [5, 5.41) is 8.29. The minimum Gasteiger partial charge on any atom is -0.383 e. The lowest BCUT2D eigenvalue weighted by Crippen LogP contribution is -2.28. The van der Waals surface area contributed by atoms with Gasteiger partial charge >= 0.3 is 0 Å². The van der Waals surface area contributed by atoms with Crippen LogP contribution in [0.1, 0.15) is 35.3 Å². The molecule has 1 atom stereocenters. The Labute approximate surface area is 207 Å². The molecule has 0 radical (unpaired) electrons. The van der Waals surface area contributed by atoms with E-state index in [9.17, 15) is 9.59 Å². The van der Waals surface area contributed by atoms with Gasteiger partial charge in [0.25, 0.3) is 11.8 Å². The van der Waals surface area contributed by atoms with Gasteiger partial charge in [0.1, 0.15) is 23.7 Å². The Balaban J connectivity index is 1.44. The summed E-state index contributed by atoms with van der Waals surface area (Å²) in [6.45, 7) is 4.66. The molecule has 3 aromatic heterocycles. The molecule has 0 aliphatic carbocycles. The molecule has 1 fully saturated rings. The topological polar surface area (TPSA) is 132 Å². The van der Waals surface area contributed by atoms with Crippen molar-refractivity contribution in [1.29, 1.82) is 0 Å². The average Bonchev–Trinajstić information content (AvgIpc) is 3.50. The fraction of sp³-hybridized carbons (Fsp3) is 0.231. The lowest BCUT2D eigenvalue weighted by atomic mass is 10.1. The molecule has 4 aromatic rings. The molecule has 0 bridgehead atoms. The number of hydrogen-bond acceptors (Lipinski definition) is 7. The molecule has 1 unspecified atom stereocenters. The van der Waals surface area contributed by atoms with Crippen LogP contribution in [0.4, 0.5) is 11.6 Å². The van der Waals surface area contributed by atoms with Gasteiger partial charge < -0.3 is 16.0 Å². The number of aromatic nitrogens is 5. The molecule has 1 aliphatic heterocycles. The number of likely N-dealkylation sites (tertiary alicyclic amines) is 1. The highest BCUT2D eigenvalue weighted by Crippen LogP contribution is 2.34. The number of benzene rings is 1. The summed E-state index contributed by atoms with van der Waals surface area (Å²) in [5.74, 6) is 5.61. The average molecular weight is 481 g/mol. The monoisotopic (exact) mass is 480 g/mol. The number of nitrogens with two attached hydrogens (primary N) is 1. The number of fused-ring (bicyclic) bond motifs is 1. The number of amides is 2. The third-order valence-electron chi connectivity index (χ3n) is 6.12. The fourth-order valence-corrected chi connectivity index (χ4v) is 4.34. The van der Waals surface area contributed by atoms with Gasteiger partial charge in [-0.15, -0.1) is 0 Å². The number of nitrogens with zero attached hydrogens (tertiary/aromatic N) is 6. The van der Waals surface area contributed by atoms with E-state index >= 15 is 0 Å². The van der Waals surface area contributed by atoms with E-state index in [0.717, 1.165) is 17.5 Å². The van der Waals surface area contributed by atoms with Crippen LogP contribution in [0.2, 0.25) is 0 Å². The van der Waals surface area contributed by atoms with Gasteiger partial charge in [-0.25, -0.2) is 19.6 Å². The molecule has 10 heteroatoms. The number of hydrogen-bond donors (Lipinski definition) is 2. The van der Waals surface area contributed by atoms with Gasteiger partial charge in [0.2, 0.25) is 0 Å². The molecule has 1 aromatic carbocycles. The maximum absolute atomic E-state index is 12.7. The second-order valence-electron chi connectivity index (χ2n) is 8.57. The Morgan fingerprint density at radius 1 is 1.14 bits per heavy atom. The van der Waals surface area contributed by atoms with Gasteiger partial charge in [-0.1, -0.05) is 18.1 Å². The van der Waals surface area contributed by atoms with Crippen LogP contribution < -0.4 is 11.1 Å². The summed E-state index contributed by atoms with van der Waals surface area (Å²) >= 11 is 0. The molecule has 3 N–H and O–H groups in total. The highest BCUT2D eigenvalue weighted by molar-refractivity contribution is 6.04. The number of anilines is 2. The number of aryl methyl sites for hydroxylation is 1. The highest BCUT2D eigenvalue weighted by atomic mass is 16.2. The Morgan fingerprint density at radius 2 is 1.94 bits per heavy atom. The van der Waals surface area contributed by atoms with Crippen LogP contribution in [0.3, 0.4) is 0 Å². The number of pyridine rings is 1. The summed E-state index contributed by atoms with van der Waals surface area (Å²) in [5.41, 5.74) is 9.72. The number of nitrogen functional groups attached to an aromatic ring is 1. The summed E-state index contributed by atoms with van der Waals surface area (Å²) in [6.07, 6.45) is 3.79. The zero-order chi connectivity index (χ0) is 25.2. The minimum absolute atomic E-state index is 0.0648. The van der Waals surface area contributed by atoms with Crippen molar-refractivity contribution < 1.29 is 9.59 Å². The summed E-state index contributed by atoms with van der Waals surface area (Å²) < 4.78 is 1.82. The molecular weight excluding hydrogens is 456 g/mol. The van der Waals surface area contributed by atoms with E-state index in [4.69, 9.17) is 10.8 Å². The normalized spacial score (nSPS) is 14.9. The Hall–Kier alpha value is -4.78. The first-order valence-corrected chi connectivity index (χ1v) is 11.5. The lowest BCUT2D eigenvalue weighted by molar-refractivity contribution is -0.124. The molecule has 1 saturated heterocycles. The van der Waals surface area contributed by atoms with Gasteiger partial charge in [-0.3, -0.25) is 9.59 Å². The van der Waals surface area contributed by atoms with Gasteiger partial charge in [-0.2, -0.15) is 5.10 Å². The van der Waals surface area contributed by atoms with Gasteiger partial charge in [0.05, 0.1) is 11.4 Å². The van der Waals surface area contributed by atoms with Gasteiger partial charge in [0.15, 0.2) is 5.65 Å². The zero-order valence-corrected chi connectivity index (χ0v) is 19.9. The molecule has 0 spiro atoms. The molecule has 5 rings (SSSR count). The third kappa shape index (κ3) is 4.34. The van der Waals surface area contributed by atoms with Crippen LogP contribution in [-0.2, 0) is 4.79 Å². The molecular formula is C26H24N8O2. The molecule has 1 aliphatic rings. The summed E-state index contributed by atoms with van der Waals surface area (Å²) in [6, 6.07) is 10.7. The van der Waals surface area contributed by atoms with Gasteiger partial charge in [0, 0.05) is 30.4 Å². The molecule has 36 heavy (non-hydrogen) atoms. The van der Waals surface area contributed by atoms with E-state index in [0.29, 0.717) is 47.0 Å². The first kappa shape index (κ1) is 23.0. The van der Waals surface area contributed by atoms with E-state index < -0.39 is 0 Å². The van der Waals surface area contributed by atoms with Crippen molar-refractivity contribution >= 4 is 34.5 Å². The number of carbonyl (C=O) groups excluding carboxylic acids is 2. The predicted octanol–water partition coefficient (Wildman–Crippen LogP) is 2.83. The van der Waals surface area contributed by atoms with E-state index in [-0.39, 0.29) is 17.9 Å². The van der Waals surface area contributed by atoms with Crippen molar-refractivity contribution in [2.45, 2.75) is 26.3 Å². The van der Waals surface area contributed by atoms with Crippen molar-refractivity contribution in [2.75, 3.05) is 24.1 Å². The SMILES string of the molecule is CC#CC(=O)N1CCC(n2nc(-c3ccc(C(=O)Nc4cc(C)ccn4)cc3)c3c(N)ncnc32)C1. The second-order valence-corrected chi connectivity index (χ2v) is 8.57. The van der Waals surface area contributed by atoms with Crippen LogP contribution in [0.25, 0.3) is 22.3 Å². The first-order valence-electron chi connectivity index (χ1n) is 11.5. The Kier molecular flexibility index (Phi) is 6.04. The number of rotatable bonds is 4. The van der Waals surface area contributed by atoms with Crippen LogP contribution >= 0.6 is 0 Å². The Bertz CT molecular complexity index is 1530. The number of carbonyl (C=O) groups is 2. The quantitative estimate of drug-likeness (QED) is 0.429. The molecule has 0 saturated carbocycles. The molecule has 180 valence electrons. The molecule has 4 heterocycles. The van der Waals surface area contributed by atoms with E-state index in [2.05, 4.69) is 32.1 Å². The van der Waals surface area contributed by atoms with Crippen molar-refractivity contribution in [3.63, 3.8) is 0 Å². The van der Waals surface area contributed by atoms with Crippen molar-refractivity contribution in [1.82, 2.24) is 29.6 Å². The van der Waals surface area contributed by atoms with E-state index in [1.807, 2.05) is 29.8 Å². The second kappa shape index (κ2) is 9.46. The predicted molar refractivity (Wildman–Crippen MR) is 136 cm³/mol. The third-order valence-corrected chi connectivity index (χ3v) is 6.12. The van der Waals surface area contributed by atoms with Crippen LogP contribution in [0.5, 0.6) is 0 Å². The minimum atomic E-state index is -0.260.